The van der Waals surface area contributed by atoms with Gasteiger partial charge in [-0.25, -0.2) is 4.18 Å². The quantitative estimate of drug-likeness (QED) is 0.469. The molecule has 0 aromatic rings. The smallest absolute Gasteiger partial charge is 0.288 e. The van der Waals surface area contributed by atoms with E-state index < -0.39 is 22.7 Å². The van der Waals surface area contributed by atoms with Gasteiger partial charge < -0.3 is 14.9 Å². The molecule has 0 amide bonds. The van der Waals surface area contributed by atoms with Gasteiger partial charge in [0.25, 0.3) is 16.6 Å². The zero-order valence-electron chi connectivity index (χ0n) is 6.31. The summed E-state index contributed by atoms with van der Waals surface area (Å²) in [5.41, 5.74) is 0. The van der Waals surface area contributed by atoms with Gasteiger partial charge in [0.15, 0.2) is 0 Å². The predicted molar refractivity (Wildman–Crippen MR) is 38.3 cm³/mol. The van der Waals surface area contributed by atoms with Crippen molar-refractivity contribution in [3.05, 3.63) is 0 Å². The molecule has 6 nitrogen and oxygen atoms in total. The number of ether oxygens (including phenoxy) is 2. The second-order valence-corrected chi connectivity index (χ2v) is 3.79. The van der Waals surface area contributed by atoms with Crippen LogP contribution in [-0.2, 0) is 23.8 Å². The third-order valence-electron chi connectivity index (χ3n) is 1.07. The first kappa shape index (κ1) is 9.59. The van der Waals surface area contributed by atoms with Gasteiger partial charge in [-0.15, -0.1) is 0 Å². The molecular formula is C5H8NO5S. The summed E-state index contributed by atoms with van der Waals surface area (Å²) in [6.45, 7) is -1.15. The van der Waals surface area contributed by atoms with Crippen molar-refractivity contribution in [2.24, 2.45) is 0 Å². The summed E-state index contributed by atoms with van der Waals surface area (Å²) >= 11 is 0. The van der Waals surface area contributed by atoms with Gasteiger partial charge in [-0.05, 0) is 0 Å². The Bertz CT molecular complexity index is 261. The molecule has 12 heavy (non-hydrogen) atoms. The fraction of sp³-hybridized carbons (Fsp3) is 0.800. The van der Waals surface area contributed by atoms with Crippen molar-refractivity contribution < 1.29 is 22.1 Å². The molecule has 0 aliphatic carbocycles. The molecule has 1 rings (SSSR count). The topological polar surface area (TPSA) is 85.7 Å². The van der Waals surface area contributed by atoms with Crippen LogP contribution in [0.4, 0.5) is 0 Å². The van der Waals surface area contributed by atoms with E-state index in [1.54, 1.807) is 0 Å². The molecule has 1 saturated heterocycles. The Morgan fingerprint density at radius 3 is 2.75 bits per heavy atom. The van der Waals surface area contributed by atoms with Crippen LogP contribution >= 0.6 is 0 Å². The summed E-state index contributed by atoms with van der Waals surface area (Å²) < 4.78 is 34.9. The molecule has 1 aliphatic rings. The van der Waals surface area contributed by atoms with E-state index in [9.17, 15) is 8.42 Å². The third-order valence-corrected chi connectivity index (χ3v) is 1.58. The van der Waals surface area contributed by atoms with Gasteiger partial charge in [0, 0.05) is 0 Å². The van der Waals surface area contributed by atoms with Crippen molar-refractivity contribution in [2.45, 2.75) is 12.6 Å². The summed E-state index contributed by atoms with van der Waals surface area (Å²) in [6, 6.07) is 0. The van der Waals surface area contributed by atoms with Crippen LogP contribution in [0.25, 0.3) is 0 Å². The van der Waals surface area contributed by atoms with Crippen LogP contribution < -0.4 is 0 Å². The maximum absolute atomic E-state index is 10.5. The van der Waals surface area contributed by atoms with Crippen LogP contribution in [0, 0.1) is 5.41 Å². The first-order chi connectivity index (χ1) is 5.51. The van der Waals surface area contributed by atoms with Crippen LogP contribution in [0.3, 0.4) is 0 Å². The van der Waals surface area contributed by atoms with Crippen LogP contribution in [0.2, 0.25) is 0 Å². The molecule has 0 aromatic carbocycles. The SMILES string of the molecule is CS(=O)(=O)OC1OCC([C]=N)O1. The van der Waals surface area contributed by atoms with Gasteiger partial charge in [0.05, 0.1) is 19.1 Å². The molecule has 0 aromatic heterocycles. The van der Waals surface area contributed by atoms with Crippen LogP contribution in [0.1, 0.15) is 0 Å². The first-order valence-corrected chi connectivity index (χ1v) is 4.90. The van der Waals surface area contributed by atoms with Gasteiger partial charge in [0.2, 0.25) is 0 Å². The molecule has 1 heterocycles. The van der Waals surface area contributed by atoms with Crippen molar-refractivity contribution in [1.82, 2.24) is 0 Å². The lowest BCUT2D eigenvalue weighted by Gasteiger charge is -2.07. The maximum atomic E-state index is 10.5. The van der Waals surface area contributed by atoms with Crippen LogP contribution in [-0.4, -0.2) is 40.1 Å². The minimum Gasteiger partial charge on any atom is -0.326 e. The highest BCUT2D eigenvalue weighted by Gasteiger charge is 2.28. The largest absolute Gasteiger partial charge is 0.326 e. The molecule has 7 heteroatoms. The third kappa shape index (κ3) is 2.86. The summed E-state index contributed by atoms with van der Waals surface area (Å²) in [6.07, 6.45) is 2.26. The molecule has 69 valence electrons. The molecule has 0 bridgehead atoms. The number of rotatable bonds is 3. The fourth-order valence-electron chi connectivity index (χ4n) is 0.648. The average Bonchev–Trinajstić information content (AvgIpc) is 2.32. The zero-order valence-corrected chi connectivity index (χ0v) is 7.13. The molecule has 2 atom stereocenters. The van der Waals surface area contributed by atoms with E-state index in [2.05, 4.69) is 4.18 Å². The summed E-state index contributed by atoms with van der Waals surface area (Å²) in [5, 5.41) is 6.66. The molecule has 1 fully saturated rings. The van der Waals surface area contributed by atoms with Crippen LogP contribution in [0.5, 0.6) is 0 Å². The molecule has 0 spiro atoms. The minimum atomic E-state index is -3.58. The molecule has 1 radical (unpaired) electrons. The summed E-state index contributed by atoms with van der Waals surface area (Å²) in [5.74, 6) is 0. The standard InChI is InChI=1S/C5H8NO5S/c1-12(7,8)11-5-9-3-4(2-6)10-5/h4-6H,3H2,1H3. The van der Waals surface area contributed by atoms with E-state index in [-0.39, 0.29) is 6.61 Å². The zero-order chi connectivity index (χ0) is 9.19. The summed E-state index contributed by atoms with van der Waals surface area (Å²) in [7, 11) is -3.58. The molecule has 1 N–H and O–H groups in total. The first-order valence-electron chi connectivity index (χ1n) is 3.09. The Labute approximate surface area is 70.1 Å². The van der Waals surface area contributed by atoms with E-state index in [0.717, 1.165) is 6.26 Å². The van der Waals surface area contributed by atoms with Crippen molar-refractivity contribution >= 4 is 16.3 Å². The number of hydrogen-bond acceptors (Lipinski definition) is 6. The van der Waals surface area contributed by atoms with E-state index in [0.29, 0.717) is 0 Å². The van der Waals surface area contributed by atoms with E-state index in [4.69, 9.17) is 14.9 Å². The Kier molecular flexibility index (Phi) is 2.78. The van der Waals surface area contributed by atoms with Crippen molar-refractivity contribution in [3.63, 3.8) is 0 Å². The Balaban J connectivity index is 2.43. The Hall–Kier alpha value is -0.500. The highest BCUT2D eigenvalue weighted by atomic mass is 32.2. The fourth-order valence-corrected chi connectivity index (χ4v) is 1.03. The second-order valence-electron chi connectivity index (χ2n) is 2.19. The number of nitrogens with one attached hydrogen (secondary N) is 1. The average molecular weight is 194 g/mol. The van der Waals surface area contributed by atoms with E-state index in [1.165, 1.54) is 0 Å². The highest BCUT2D eigenvalue weighted by Crippen LogP contribution is 2.12. The van der Waals surface area contributed by atoms with Gasteiger partial charge in [-0.3, -0.25) is 0 Å². The Morgan fingerprint density at radius 2 is 2.33 bits per heavy atom. The molecule has 2 unspecified atom stereocenters. The molecular weight excluding hydrogens is 186 g/mol. The lowest BCUT2D eigenvalue weighted by molar-refractivity contribution is -0.176. The highest BCUT2D eigenvalue weighted by molar-refractivity contribution is 7.86. The van der Waals surface area contributed by atoms with E-state index >= 15 is 0 Å². The van der Waals surface area contributed by atoms with Crippen molar-refractivity contribution in [3.8, 4) is 0 Å². The van der Waals surface area contributed by atoms with Gasteiger partial charge in [0.1, 0.15) is 6.10 Å². The predicted octanol–water partition coefficient (Wildman–Crippen LogP) is -0.812. The maximum Gasteiger partial charge on any atom is 0.288 e. The van der Waals surface area contributed by atoms with Crippen molar-refractivity contribution in [1.29, 1.82) is 5.41 Å². The lowest BCUT2D eigenvalue weighted by Crippen LogP contribution is -2.19. The van der Waals surface area contributed by atoms with Gasteiger partial charge in [-0.1, -0.05) is 0 Å². The van der Waals surface area contributed by atoms with Crippen molar-refractivity contribution in [2.75, 3.05) is 12.9 Å². The van der Waals surface area contributed by atoms with Gasteiger partial charge >= 0.3 is 0 Å². The Morgan fingerprint density at radius 1 is 1.67 bits per heavy atom. The second kappa shape index (κ2) is 3.48. The minimum absolute atomic E-state index is 0.0870. The number of hydrogen-bond donors (Lipinski definition) is 1. The molecule has 1 aliphatic heterocycles. The summed E-state index contributed by atoms with van der Waals surface area (Å²) in [4.78, 5) is 0. The lowest BCUT2D eigenvalue weighted by atomic mass is 10.4. The van der Waals surface area contributed by atoms with E-state index in [1.807, 2.05) is 6.21 Å². The normalized spacial score (nSPS) is 30.4. The van der Waals surface area contributed by atoms with Gasteiger partial charge in [-0.2, -0.15) is 8.42 Å². The monoisotopic (exact) mass is 194 g/mol. The van der Waals surface area contributed by atoms with Crippen LogP contribution in [0.15, 0.2) is 0 Å². The molecule has 0 saturated carbocycles.